The monoisotopic (exact) mass is 277 g/mol. The summed E-state index contributed by atoms with van der Waals surface area (Å²) in [6.45, 7) is 5.77. The molecule has 20 heavy (non-hydrogen) atoms. The Morgan fingerprint density at radius 2 is 2.35 bits per heavy atom. The lowest BCUT2D eigenvalue weighted by atomic mass is 9.89. The van der Waals surface area contributed by atoms with E-state index in [4.69, 9.17) is 4.74 Å². The highest BCUT2D eigenvalue weighted by molar-refractivity contribution is 5.26. The number of ether oxygens (including phenoxy) is 1. The van der Waals surface area contributed by atoms with Crippen LogP contribution >= 0.6 is 0 Å². The van der Waals surface area contributed by atoms with E-state index in [9.17, 15) is 0 Å². The third-order valence-electron chi connectivity index (χ3n) is 5.01. The van der Waals surface area contributed by atoms with Gasteiger partial charge in [-0.25, -0.2) is 4.98 Å². The molecule has 2 fully saturated rings. The predicted molar refractivity (Wildman–Crippen MR) is 80.8 cm³/mol. The van der Waals surface area contributed by atoms with Crippen LogP contribution in [0.3, 0.4) is 0 Å². The van der Waals surface area contributed by atoms with Crippen molar-refractivity contribution in [3.05, 3.63) is 12.4 Å². The second-order valence-corrected chi connectivity index (χ2v) is 6.31. The molecule has 2 aliphatic rings. The molecule has 4 nitrogen and oxygen atoms in total. The number of aryl methyl sites for hydroxylation is 1. The summed E-state index contributed by atoms with van der Waals surface area (Å²) < 4.78 is 7.61. The maximum absolute atomic E-state index is 5.39. The summed E-state index contributed by atoms with van der Waals surface area (Å²) in [4.78, 5) is 4.45. The van der Waals surface area contributed by atoms with Crippen LogP contribution in [-0.4, -0.2) is 29.3 Å². The molecule has 3 rings (SSSR count). The zero-order valence-electron chi connectivity index (χ0n) is 12.6. The van der Waals surface area contributed by atoms with E-state index < -0.39 is 0 Å². The molecule has 3 unspecified atom stereocenters. The minimum Gasteiger partial charge on any atom is -0.382 e. The Hall–Kier alpha value is -1.03. The molecule has 0 aliphatic heterocycles. The molecule has 0 aromatic carbocycles. The molecular weight excluding hydrogens is 250 g/mol. The first-order valence-electron chi connectivity index (χ1n) is 8.19. The Balaban J connectivity index is 1.44. The Bertz CT molecular complexity index is 418. The first-order valence-corrected chi connectivity index (χ1v) is 8.19. The van der Waals surface area contributed by atoms with Crippen LogP contribution in [0.25, 0.3) is 0 Å². The van der Waals surface area contributed by atoms with Gasteiger partial charge in [0.25, 0.3) is 0 Å². The zero-order chi connectivity index (χ0) is 13.8. The van der Waals surface area contributed by atoms with Crippen molar-refractivity contribution in [1.29, 1.82) is 0 Å². The van der Waals surface area contributed by atoms with Gasteiger partial charge in [-0.05, 0) is 50.4 Å². The Labute approximate surface area is 121 Å². The van der Waals surface area contributed by atoms with Crippen molar-refractivity contribution >= 4 is 5.95 Å². The van der Waals surface area contributed by atoms with Gasteiger partial charge in [0, 0.05) is 38.7 Å². The second kappa shape index (κ2) is 6.61. The number of rotatable bonds is 8. The first-order chi connectivity index (χ1) is 9.86. The third-order valence-corrected chi connectivity index (χ3v) is 5.01. The molecule has 4 heteroatoms. The summed E-state index contributed by atoms with van der Waals surface area (Å²) in [7, 11) is 0. The number of anilines is 1. The number of imidazole rings is 1. The lowest BCUT2D eigenvalue weighted by Crippen LogP contribution is -2.21. The smallest absolute Gasteiger partial charge is 0.202 e. The average Bonchev–Trinajstić information content (AvgIpc) is 3.17. The third kappa shape index (κ3) is 3.17. The molecule has 2 bridgehead atoms. The van der Waals surface area contributed by atoms with Gasteiger partial charge < -0.3 is 14.6 Å². The molecule has 1 aromatic heterocycles. The van der Waals surface area contributed by atoms with Crippen molar-refractivity contribution in [3.8, 4) is 0 Å². The quantitative estimate of drug-likeness (QED) is 0.742. The normalized spacial score (nSPS) is 28.1. The van der Waals surface area contributed by atoms with Gasteiger partial charge in [0.2, 0.25) is 5.95 Å². The number of fused-ring (bicyclic) bond motifs is 2. The molecule has 2 saturated carbocycles. The summed E-state index contributed by atoms with van der Waals surface area (Å²) >= 11 is 0. The van der Waals surface area contributed by atoms with Gasteiger partial charge in [-0.2, -0.15) is 0 Å². The van der Waals surface area contributed by atoms with Crippen LogP contribution in [0, 0.1) is 17.8 Å². The molecule has 112 valence electrons. The second-order valence-electron chi connectivity index (χ2n) is 6.31. The minimum absolute atomic E-state index is 0.805. The van der Waals surface area contributed by atoms with Gasteiger partial charge in [-0.1, -0.05) is 6.42 Å². The van der Waals surface area contributed by atoms with E-state index in [2.05, 4.69) is 21.1 Å². The van der Waals surface area contributed by atoms with Gasteiger partial charge in [-0.3, -0.25) is 0 Å². The molecule has 0 amide bonds. The number of hydrogen-bond acceptors (Lipinski definition) is 3. The van der Waals surface area contributed by atoms with Gasteiger partial charge in [-0.15, -0.1) is 0 Å². The van der Waals surface area contributed by atoms with Crippen molar-refractivity contribution in [2.75, 3.05) is 25.1 Å². The largest absolute Gasteiger partial charge is 0.382 e. The van der Waals surface area contributed by atoms with E-state index in [0.717, 1.165) is 56.4 Å². The molecule has 2 aliphatic carbocycles. The maximum atomic E-state index is 5.39. The fourth-order valence-electron chi connectivity index (χ4n) is 3.99. The summed E-state index contributed by atoms with van der Waals surface area (Å²) in [5.41, 5.74) is 0. The fourth-order valence-corrected chi connectivity index (χ4v) is 3.99. The highest BCUT2D eigenvalue weighted by atomic mass is 16.5. The van der Waals surface area contributed by atoms with Crippen molar-refractivity contribution in [2.24, 2.45) is 17.8 Å². The lowest BCUT2D eigenvalue weighted by molar-refractivity contribution is 0.142. The molecule has 3 atom stereocenters. The van der Waals surface area contributed by atoms with Crippen LogP contribution in [0.4, 0.5) is 5.95 Å². The van der Waals surface area contributed by atoms with Gasteiger partial charge in [0.15, 0.2) is 0 Å². The number of aromatic nitrogens is 2. The molecule has 1 heterocycles. The van der Waals surface area contributed by atoms with E-state index in [1.807, 2.05) is 13.1 Å². The van der Waals surface area contributed by atoms with Crippen molar-refractivity contribution < 1.29 is 4.74 Å². The lowest BCUT2D eigenvalue weighted by Gasteiger charge is -2.22. The summed E-state index contributed by atoms with van der Waals surface area (Å²) in [6, 6.07) is 0. The fraction of sp³-hybridized carbons (Fsp3) is 0.812. The zero-order valence-corrected chi connectivity index (χ0v) is 12.6. The van der Waals surface area contributed by atoms with Crippen LogP contribution in [-0.2, 0) is 11.3 Å². The van der Waals surface area contributed by atoms with Crippen LogP contribution in [0.5, 0.6) is 0 Å². The maximum Gasteiger partial charge on any atom is 0.202 e. The van der Waals surface area contributed by atoms with Crippen molar-refractivity contribution in [3.63, 3.8) is 0 Å². The van der Waals surface area contributed by atoms with E-state index in [1.54, 1.807) is 0 Å². The van der Waals surface area contributed by atoms with Crippen LogP contribution in [0.2, 0.25) is 0 Å². The minimum atomic E-state index is 0.805. The standard InChI is InChI=1S/C16H27N3O/c1-2-20-9-3-7-19-8-6-17-16(19)18-12-15-11-13-4-5-14(15)10-13/h6,8,13-15H,2-5,7,9-12H2,1H3,(H,17,18). The van der Waals surface area contributed by atoms with E-state index in [1.165, 1.54) is 25.7 Å². The van der Waals surface area contributed by atoms with Crippen molar-refractivity contribution in [1.82, 2.24) is 9.55 Å². The predicted octanol–water partition coefficient (Wildman–Crippen LogP) is 3.16. The topological polar surface area (TPSA) is 39.1 Å². The van der Waals surface area contributed by atoms with Crippen molar-refractivity contribution in [2.45, 2.75) is 45.6 Å². The SMILES string of the molecule is CCOCCCn1ccnc1NCC1CC2CCC1C2. The van der Waals surface area contributed by atoms with Gasteiger partial charge in [0.1, 0.15) is 0 Å². The average molecular weight is 277 g/mol. The molecule has 0 saturated heterocycles. The van der Waals surface area contributed by atoms with Crippen LogP contribution in [0.1, 0.15) is 39.0 Å². The Kier molecular flexibility index (Phi) is 4.61. The summed E-state index contributed by atoms with van der Waals surface area (Å²) in [6.07, 6.45) is 10.9. The van der Waals surface area contributed by atoms with Crippen LogP contribution in [0.15, 0.2) is 12.4 Å². The van der Waals surface area contributed by atoms with E-state index >= 15 is 0 Å². The molecule has 0 radical (unpaired) electrons. The molecule has 1 N–H and O–H groups in total. The summed E-state index contributed by atoms with van der Waals surface area (Å²) in [5, 5.41) is 3.57. The van der Waals surface area contributed by atoms with E-state index in [-0.39, 0.29) is 0 Å². The first kappa shape index (κ1) is 13.9. The van der Waals surface area contributed by atoms with Crippen LogP contribution < -0.4 is 5.32 Å². The highest BCUT2D eigenvalue weighted by Gasteiger charge is 2.39. The molecule has 1 aromatic rings. The molecule has 0 spiro atoms. The Morgan fingerprint density at radius 1 is 1.40 bits per heavy atom. The highest BCUT2D eigenvalue weighted by Crippen LogP contribution is 2.48. The van der Waals surface area contributed by atoms with Gasteiger partial charge >= 0.3 is 0 Å². The number of hydrogen-bond donors (Lipinski definition) is 1. The Morgan fingerprint density at radius 3 is 3.10 bits per heavy atom. The molecular formula is C16H27N3O. The number of nitrogens with one attached hydrogen (secondary N) is 1. The van der Waals surface area contributed by atoms with E-state index in [0.29, 0.717) is 0 Å². The van der Waals surface area contributed by atoms with Gasteiger partial charge in [0.05, 0.1) is 0 Å². The number of nitrogens with zero attached hydrogens (tertiary/aromatic N) is 2. The summed E-state index contributed by atoms with van der Waals surface area (Å²) in [5.74, 6) is 3.92.